The topological polar surface area (TPSA) is 62.6 Å². The summed E-state index contributed by atoms with van der Waals surface area (Å²) in [7, 11) is 0. The highest BCUT2D eigenvalue weighted by Gasteiger charge is 2.57. The first-order valence-electron chi connectivity index (χ1n) is 12.5. The molecule has 1 saturated heterocycles. The van der Waals surface area contributed by atoms with E-state index in [1.54, 1.807) is 18.2 Å². The van der Waals surface area contributed by atoms with Crippen LogP contribution in [0.5, 0.6) is 0 Å². The van der Waals surface area contributed by atoms with Gasteiger partial charge in [0, 0.05) is 49.4 Å². The third-order valence-electron chi connectivity index (χ3n) is 8.00. The molecule has 0 bridgehead atoms. The van der Waals surface area contributed by atoms with E-state index in [4.69, 9.17) is 0 Å². The minimum atomic E-state index is -1.49. The highest BCUT2D eigenvalue weighted by atomic mass is 19.1. The van der Waals surface area contributed by atoms with Crippen molar-refractivity contribution in [2.24, 2.45) is 0 Å². The second-order valence-electron chi connectivity index (χ2n) is 9.91. The number of likely N-dealkylation sites (tertiary alicyclic amines) is 1. The van der Waals surface area contributed by atoms with Gasteiger partial charge in [-0.15, -0.1) is 0 Å². The number of aromatic nitrogens is 1. The predicted octanol–water partition coefficient (Wildman–Crippen LogP) is 4.34. The number of imide groups is 1. The summed E-state index contributed by atoms with van der Waals surface area (Å²) in [5, 5.41) is 0. The number of hydrogen-bond acceptors (Lipinski definition) is 3. The first-order chi connectivity index (χ1) is 16.5. The smallest absolute Gasteiger partial charge is 0.241 e. The van der Waals surface area contributed by atoms with Crippen molar-refractivity contribution in [2.45, 2.75) is 82.3 Å². The second-order valence-corrected chi connectivity index (χ2v) is 9.91. The van der Waals surface area contributed by atoms with E-state index in [-0.39, 0.29) is 42.3 Å². The number of halogens is 1. The van der Waals surface area contributed by atoms with E-state index < -0.39 is 17.1 Å². The van der Waals surface area contributed by atoms with Crippen LogP contribution >= 0.6 is 0 Å². The summed E-state index contributed by atoms with van der Waals surface area (Å²) in [5.74, 6) is -1.43. The number of hydrogen-bond donors (Lipinski definition) is 0. The first kappa shape index (κ1) is 22.8. The molecule has 0 N–H and O–H groups in total. The van der Waals surface area contributed by atoms with Crippen molar-refractivity contribution in [1.82, 2.24) is 14.4 Å². The lowest BCUT2D eigenvalue weighted by Gasteiger charge is -2.39. The third kappa shape index (κ3) is 3.65. The maximum Gasteiger partial charge on any atom is 0.241 e. The lowest BCUT2D eigenvalue weighted by atomic mass is 9.75. The zero-order valence-electron chi connectivity index (χ0n) is 19.7. The molecule has 6 nitrogen and oxygen atoms in total. The van der Waals surface area contributed by atoms with Gasteiger partial charge in [0.2, 0.25) is 17.7 Å². The zero-order chi connectivity index (χ0) is 23.9. The van der Waals surface area contributed by atoms with Gasteiger partial charge in [-0.25, -0.2) is 4.39 Å². The molecule has 0 spiro atoms. The quantitative estimate of drug-likeness (QED) is 0.617. The van der Waals surface area contributed by atoms with Crippen molar-refractivity contribution < 1.29 is 18.8 Å². The number of amides is 3. The Kier molecular flexibility index (Phi) is 6.04. The fourth-order valence-electron chi connectivity index (χ4n) is 6.32. The van der Waals surface area contributed by atoms with Crippen LogP contribution in [-0.4, -0.2) is 44.7 Å². The van der Waals surface area contributed by atoms with Gasteiger partial charge in [0.05, 0.1) is 11.5 Å². The summed E-state index contributed by atoms with van der Waals surface area (Å²) >= 11 is 0. The molecule has 7 heteroatoms. The van der Waals surface area contributed by atoms with Gasteiger partial charge in [0.1, 0.15) is 5.82 Å². The molecule has 34 heavy (non-hydrogen) atoms. The molecule has 1 saturated carbocycles. The summed E-state index contributed by atoms with van der Waals surface area (Å²) in [6, 6.07) is 9.87. The molecule has 180 valence electrons. The molecule has 2 fully saturated rings. The number of carbonyl (C=O) groups excluding carboxylic acids is 3. The Morgan fingerprint density at radius 2 is 1.82 bits per heavy atom. The van der Waals surface area contributed by atoms with E-state index >= 15 is 4.39 Å². The van der Waals surface area contributed by atoms with Crippen LogP contribution in [0.4, 0.5) is 4.39 Å². The fourth-order valence-corrected chi connectivity index (χ4v) is 6.32. The van der Waals surface area contributed by atoms with E-state index in [9.17, 15) is 14.4 Å². The van der Waals surface area contributed by atoms with Gasteiger partial charge in [-0.3, -0.25) is 19.3 Å². The highest BCUT2D eigenvalue weighted by molar-refractivity contribution is 6.11. The predicted molar refractivity (Wildman–Crippen MR) is 125 cm³/mol. The first-order valence-corrected chi connectivity index (χ1v) is 12.5. The second kappa shape index (κ2) is 9.01. The van der Waals surface area contributed by atoms with Crippen LogP contribution in [0.15, 0.2) is 42.6 Å². The molecule has 3 aliphatic rings. The molecule has 2 atom stereocenters. The van der Waals surface area contributed by atoms with Crippen LogP contribution < -0.4 is 0 Å². The Morgan fingerprint density at radius 1 is 1.06 bits per heavy atom. The van der Waals surface area contributed by atoms with E-state index in [0.717, 1.165) is 44.2 Å². The summed E-state index contributed by atoms with van der Waals surface area (Å²) < 4.78 is 17.3. The summed E-state index contributed by atoms with van der Waals surface area (Å²) in [4.78, 5) is 44.2. The lowest BCUT2D eigenvalue weighted by molar-refractivity contribution is -0.146. The van der Waals surface area contributed by atoms with Gasteiger partial charge in [0.25, 0.3) is 0 Å². The SMILES string of the molecule is CCC1c2cccn2CCN1C(=O)CC1(c2ccccc2F)CC(=O)N(C2CCCCC2)C1=O. The molecule has 3 amide bonds. The standard InChI is InChI=1S/C27H32FN3O3/c1-2-22-23-13-8-14-29(23)15-16-30(22)24(32)17-27(20-11-6-7-12-21(20)28)18-25(33)31(26(27)34)19-9-4-3-5-10-19/h6-8,11-14,19,22H,2-5,9-10,15-18H2,1H3. The number of rotatable bonds is 5. The molecule has 1 aliphatic carbocycles. The summed E-state index contributed by atoms with van der Waals surface area (Å²) in [6.45, 7) is 3.24. The van der Waals surface area contributed by atoms with Gasteiger partial charge in [-0.05, 0) is 37.5 Å². The lowest BCUT2D eigenvalue weighted by Crippen LogP contribution is -2.49. The van der Waals surface area contributed by atoms with E-state index in [1.807, 2.05) is 30.2 Å². The van der Waals surface area contributed by atoms with Gasteiger partial charge >= 0.3 is 0 Å². The number of nitrogens with zero attached hydrogens (tertiary/aromatic N) is 3. The zero-order valence-corrected chi connectivity index (χ0v) is 19.7. The largest absolute Gasteiger partial charge is 0.348 e. The molecular formula is C27H32FN3O3. The maximum atomic E-state index is 15.1. The molecule has 2 aliphatic heterocycles. The van der Waals surface area contributed by atoms with Crippen LogP contribution in [-0.2, 0) is 26.3 Å². The van der Waals surface area contributed by atoms with Crippen molar-refractivity contribution in [1.29, 1.82) is 0 Å². The molecule has 2 unspecified atom stereocenters. The van der Waals surface area contributed by atoms with Crippen LogP contribution in [0.3, 0.4) is 0 Å². The van der Waals surface area contributed by atoms with Crippen molar-refractivity contribution in [3.8, 4) is 0 Å². The molecular weight excluding hydrogens is 433 g/mol. The number of carbonyl (C=O) groups is 3. The van der Waals surface area contributed by atoms with E-state index in [0.29, 0.717) is 13.1 Å². The van der Waals surface area contributed by atoms with Crippen molar-refractivity contribution in [3.63, 3.8) is 0 Å². The van der Waals surface area contributed by atoms with Crippen LogP contribution in [0.2, 0.25) is 0 Å². The maximum absolute atomic E-state index is 15.1. The molecule has 0 radical (unpaired) electrons. The van der Waals surface area contributed by atoms with Crippen molar-refractivity contribution >= 4 is 17.7 Å². The van der Waals surface area contributed by atoms with Crippen molar-refractivity contribution in [2.75, 3.05) is 6.54 Å². The summed E-state index contributed by atoms with van der Waals surface area (Å²) in [6.07, 6.45) is 7.00. The van der Waals surface area contributed by atoms with Gasteiger partial charge in [0.15, 0.2) is 0 Å². The highest BCUT2D eigenvalue weighted by Crippen LogP contribution is 2.44. The van der Waals surface area contributed by atoms with Crippen molar-refractivity contribution in [3.05, 3.63) is 59.7 Å². The Bertz CT molecular complexity index is 1110. The number of benzene rings is 1. The molecule has 1 aromatic carbocycles. The Balaban J connectivity index is 1.50. The van der Waals surface area contributed by atoms with Crippen LogP contribution in [0.1, 0.15) is 75.6 Å². The minimum absolute atomic E-state index is 0.101. The fraction of sp³-hybridized carbons (Fsp3) is 0.519. The third-order valence-corrected chi connectivity index (χ3v) is 8.00. The normalized spacial score (nSPS) is 25.6. The Labute approximate surface area is 199 Å². The van der Waals surface area contributed by atoms with E-state index in [1.165, 1.54) is 11.0 Å². The van der Waals surface area contributed by atoms with Gasteiger partial charge in [-0.1, -0.05) is 44.4 Å². The van der Waals surface area contributed by atoms with Crippen LogP contribution in [0.25, 0.3) is 0 Å². The molecule has 3 heterocycles. The minimum Gasteiger partial charge on any atom is -0.348 e. The summed E-state index contributed by atoms with van der Waals surface area (Å²) in [5.41, 5.74) is -0.262. The molecule has 5 rings (SSSR count). The van der Waals surface area contributed by atoms with Gasteiger partial charge < -0.3 is 9.47 Å². The number of fused-ring (bicyclic) bond motifs is 1. The van der Waals surface area contributed by atoms with Crippen LogP contribution in [0, 0.1) is 5.82 Å². The molecule has 2 aromatic rings. The monoisotopic (exact) mass is 465 g/mol. The van der Waals surface area contributed by atoms with Gasteiger partial charge in [-0.2, -0.15) is 0 Å². The average molecular weight is 466 g/mol. The Morgan fingerprint density at radius 3 is 2.56 bits per heavy atom. The molecule has 1 aromatic heterocycles. The van der Waals surface area contributed by atoms with E-state index in [2.05, 4.69) is 4.57 Å². The average Bonchev–Trinajstić information content (AvgIpc) is 3.41. The Hall–Kier alpha value is -2.96.